The van der Waals surface area contributed by atoms with Crippen molar-refractivity contribution in [3.63, 3.8) is 0 Å². The van der Waals surface area contributed by atoms with Gasteiger partial charge in [-0.05, 0) is 36.1 Å². The molecule has 0 saturated carbocycles. The summed E-state index contributed by atoms with van der Waals surface area (Å²) >= 11 is 0. The SMILES string of the molecule is CCCCCCCCCCCCCCCCCCCCCCOc1ccc(/C=C/c2cc[n+](CCCCCCCCCCCCCCCC)cc2)cc1. The molecule has 0 aliphatic carbocycles. The van der Waals surface area contributed by atoms with Crippen molar-refractivity contribution in [3.05, 3.63) is 59.9 Å². The average molecular weight is 731 g/mol. The first-order valence-electron chi connectivity index (χ1n) is 23.7. The van der Waals surface area contributed by atoms with Crippen LogP contribution in [-0.2, 0) is 6.54 Å². The number of aromatic nitrogens is 1. The zero-order chi connectivity index (χ0) is 37.5. The molecule has 0 spiro atoms. The van der Waals surface area contributed by atoms with Crippen LogP contribution in [0, 0.1) is 0 Å². The minimum absolute atomic E-state index is 0.831. The van der Waals surface area contributed by atoms with Gasteiger partial charge in [0, 0.05) is 18.6 Å². The molecule has 0 unspecified atom stereocenters. The Morgan fingerprint density at radius 3 is 1.02 bits per heavy atom. The lowest BCUT2D eigenvalue weighted by Gasteiger charge is -2.07. The first-order chi connectivity index (χ1) is 26.3. The van der Waals surface area contributed by atoms with Gasteiger partial charge in [-0.3, -0.25) is 0 Å². The Labute approximate surface area is 331 Å². The van der Waals surface area contributed by atoms with Crippen LogP contribution in [0.3, 0.4) is 0 Å². The van der Waals surface area contributed by atoms with Crippen LogP contribution >= 0.6 is 0 Å². The molecule has 0 atom stereocenters. The molecule has 0 aliphatic heterocycles. The summed E-state index contributed by atoms with van der Waals surface area (Å²) in [6.07, 6.45) is 57.1. The summed E-state index contributed by atoms with van der Waals surface area (Å²) in [5.74, 6) is 0.990. The van der Waals surface area contributed by atoms with Gasteiger partial charge in [0.2, 0.25) is 0 Å². The fourth-order valence-corrected chi connectivity index (χ4v) is 7.63. The van der Waals surface area contributed by atoms with Crippen molar-refractivity contribution < 1.29 is 9.30 Å². The summed E-state index contributed by atoms with van der Waals surface area (Å²) in [5.41, 5.74) is 2.47. The highest BCUT2D eigenvalue weighted by atomic mass is 16.5. The third-order valence-electron chi connectivity index (χ3n) is 11.3. The summed E-state index contributed by atoms with van der Waals surface area (Å²) in [6, 6.07) is 13.0. The van der Waals surface area contributed by atoms with Crippen molar-refractivity contribution in [1.29, 1.82) is 0 Å². The Balaban J connectivity index is 1.36. The van der Waals surface area contributed by atoms with Crippen LogP contribution < -0.4 is 9.30 Å². The molecule has 0 aliphatic rings. The summed E-state index contributed by atoms with van der Waals surface area (Å²) in [5, 5.41) is 0. The molecule has 0 saturated heterocycles. The molecule has 0 amide bonds. The first kappa shape index (κ1) is 47.1. The van der Waals surface area contributed by atoms with Gasteiger partial charge in [0.25, 0.3) is 0 Å². The maximum Gasteiger partial charge on any atom is 0.169 e. The van der Waals surface area contributed by atoms with Crippen LogP contribution in [0.5, 0.6) is 5.75 Å². The Hall–Kier alpha value is -2.09. The van der Waals surface area contributed by atoms with Gasteiger partial charge in [-0.25, -0.2) is 4.57 Å². The van der Waals surface area contributed by atoms with Crippen LogP contribution in [0.15, 0.2) is 48.8 Å². The number of unbranched alkanes of at least 4 members (excludes halogenated alkanes) is 32. The normalized spacial score (nSPS) is 11.6. The van der Waals surface area contributed by atoms with Gasteiger partial charge >= 0.3 is 0 Å². The summed E-state index contributed by atoms with van der Waals surface area (Å²) in [4.78, 5) is 0. The number of nitrogens with zero attached hydrogens (tertiary/aromatic N) is 1. The second-order valence-electron chi connectivity index (χ2n) is 16.4. The topological polar surface area (TPSA) is 13.1 Å². The molecule has 0 N–H and O–H groups in total. The van der Waals surface area contributed by atoms with Crippen LogP contribution in [-0.4, -0.2) is 6.61 Å². The molecule has 53 heavy (non-hydrogen) atoms. The molecule has 1 aromatic carbocycles. The Bertz CT molecular complexity index is 1040. The van der Waals surface area contributed by atoms with E-state index in [-0.39, 0.29) is 0 Å². The molecule has 2 rings (SSSR count). The highest BCUT2D eigenvalue weighted by Gasteiger charge is 2.02. The van der Waals surface area contributed by atoms with E-state index in [1.807, 2.05) is 0 Å². The van der Waals surface area contributed by atoms with Crippen molar-refractivity contribution >= 4 is 12.2 Å². The smallest absolute Gasteiger partial charge is 0.169 e. The quantitative estimate of drug-likeness (QED) is 0.0493. The van der Waals surface area contributed by atoms with E-state index in [0.29, 0.717) is 0 Å². The van der Waals surface area contributed by atoms with Crippen LogP contribution in [0.2, 0.25) is 0 Å². The van der Waals surface area contributed by atoms with Crippen molar-refractivity contribution in [1.82, 2.24) is 0 Å². The van der Waals surface area contributed by atoms with Crippen molar-refractivity contribution in [2.45, 2.75) is 239 Å². The first-order valence-corrected chi connectivity index (χ1v) is 23.7. The van der Waals surface area contributed by atoms with Gasteiger partial charge in [-0.1, -0.05) is 237 Å². The van der Waals surface area contributed by atoms with Gasteiger partial charge in [0.15, 0.2) is 12.4 Å². The molecule has 0 fully saturated rings. The largest absolute Gasteiger partial charge is 0.494 e. The molecule has 2 nitrogen and oxygen atoms in total. The zero-order valence-corrected chi connectivity index (χ0v) is 35.6. The van der Waals surface area contributed by atoms with E-state index < -0.39 is 0 Å². The lowest BCUT2D eigenvalue weighted by Crippen LogP contribution is -2.32. The monoisotopic (exact) mass is 731 g/mol. The highest BCUT2D eigenvalue weighted by molar-refractivity contribution is 5.69. The molecule has 302 valence electrons. The van der Waals surface area contributed by atoms with Gasteiger partial charge in [-0.2, -0.15) is 0 Å². The Morgan fingerprint density at radius 2 is 0.660 bits per heavy atom. The molecule has 0 bridgehead atoms. The van der Waals surface area contributed by atoms with Gasteiger partial charge in [0.1, 0.15) is 12.3 Å². The average Bonchev–Trinajstić information content (AvgIpc) is 3.18. The number of ether oxygens (including phenoxy) is 1. The van der Waals surface area contributed by atoms with Crippen LogP contribution in [0.25, 0.3) is 12.2 Å². The van der Waals surface area contributed by atoms with Crippen molar-refractivity contribution in [3.8, 4) is 5.75 Å². The zero-order valence-electron chi connectivity index (χ0n) is 35.6. The number of aryl methyl sites for hydroxylation is 1. The lowest BCUT2D eigenvalue weighted by molar-refractivity contribution is -0.697. The second-order valence-corrected chi connectivity index (χ2v) is 16.4. The van der Waals surface area contributed by atoms with Gasteiger partial charge in [-0.15, -0.1) is 0 Å². The number of hydrogen-bond acceptors (Lipinski definition) is 1. The standard InChI is InChI=1S/C51H88NO/c1-3-5-7-9-11-13-15-17-19-20-21-22-23-24-26-28-30-32-34-36-48-53-51-41-39-49(40-42-51)37-38-50-43-46-52(47-44-50)45-35-33-31-29-27-25-18-16-14-12-10-8-6-4-2/h37-44,46-47H,3-36,45,48H2,1-2H3/q+1/b38-37+. The number of pyridine rings is 1. The minimum Gasteiger partial charge on any atom is -0.494 e. The third-order valence-corrected chi connectivity index (χ3v) is 11.3. The van der Waals surface area contributed by atoms with Crippen LogP contribution in [0.1, 0.15) is 243 Å². The summed E-state index contributed by atoms with van der Waals surface area (Å²) in [7, 11) is 0. The van der Waals surface area contributed by atoms with Gasteiger partial charge < -0.3 is 4.74 Å². The molecular formula is C51H88NO+. The summed E-state index contributed by atoms with van der Waals surface area (Å²) < 4.78 is 8.38. The number of hydrogen-bond donors (Lipinski definition) is 0. The molecular weight excluding hydrogens is 643 g/mol. The molecule has 0 radical (unpaired) electrons. The van der Waals surface area contributed by atoms with E-state index >= 15 is 0 Å². The van der Waals surface area contributed by atoms with E-state index in [9.17, 15) is 0 Å². The minimum atomic E-state index is 0.831. The predicted octanol–water partition coefficient (Wildman–Crippen LogP) is 16.8. The van der Waals surface area contributed by atoms with E-state index in [2.05, 4.69) is 79.4 Å². The van der Waals surface area contributed by atoms with Crippen molar-refractivity contribution in [2.75, 3.05) is 6.61 Å². The van der Waals surface area contributed by atoms with Gasteiger partial charge in [0.05, 0.1) is 6.61 Å². The third kappa shape index (κ3) is 29.9. The lowest BCUT2D eigenvalue weighted by atomic mass is 10.0. The fraction of sp³-hybridized carbons (Fsp3) is 0.745. The van der Waals surface area contributed by atoms with E-state index in [1.54, 1.807) is 0 Å². The number of benzene rings is 1. The molecule has 1 heterocycles. The van der Waals surface area contributed by atoms with Crippen molar-refractivity contribution in [2.24, 2.45) is 0 Å². The predicted molar refractivity (Wildman–Crippen MR) is 236 cm³/mol. The highest BCUT2D eigenvalue weighted by Crippen LogP contribution is 2.18. The maximum atomic E-state index is 6.04. The summed E-state index contributed by atoms with van der Waals surface area (Å²) in [6.45, 7) is 6.56. The number of rotatable bonds is 39. The van der Waals surface area contributed by atoms with Crippen LogP contribution in [0.4, 0.5) is 0 Å². The van der Waals surface area contributed by atoms with E-state index in [1.165, 1.54) is 223 Å². The van der Waals surface area contributed by atoms with E-state index in [0.717, 1.165) is 25.3 Å². The molecule has 2 aromatic rings. The molecule has 2 heteroatoms. The Kier molecular flexibility index (Phi) is 32.7. The molecule has 1 aromatic heterocycles. The fourth-order valence-electron chi connectivity index (χ4n) is 7.63. The second kappa shape index (κ2) is 36.9. The maximum absolute atomic E-state index is 6.04. The van der Waals surface area contributed by atoms with E-state index in [4.69, 9.17) is 4.74 Å². The Morgan fingerprint density at radius 1 is 0.358 bits per heavy atom.